The lowest BCUT2D eigenvalue weighted by atomic mass is 9.87. The Kier molecular flexibility index (Phi) is 7.65. The maximum atomic E-state index is 13.3. The molecule has 2 heterocycles. The maximum absolute atomic E-state index is 13.3. The van der Waals surface area contributed by atoms with Crippen molar-refractivity contribution < 1.29 is 9.59 Å². The maximum Gasteiger partial charge on any atom is 0.227 e. The van der Waals surface area contributed by atoms with Gasteiger partial charge in [-0.15, -0.1) is 0 Å². The van der Waals surface area contributed by atoms with Crippen LogP contribution in [0.4, 0.5) is 0 Å². The average Bonchev–Trinajstić information content (AvgIpc) is 3.30. The molecule has 1 atom stereocenters. The van der Waals surface area contributed by atoms with Crippen LogP contribution in [0.1, 0.15) is 68.9 Å². The Morgan fingerprint density at radius 1 is 1.00 bits per heavy atom. The fourth-order valence-corrected chi connectivity index (χ4v) is 5.67. The van der Waals surface area contributed by atoms with E-state index in [1.165, 1.54) is 69.2 Å². The topological polar surface area (TPSA) is 43.9 Å². The summed E-state index contributed by atoms with van der Waals surface area (Å²) in [6, 6.07) is 8.55. The fraction of sp³-hybridized carbons (Fsp3) is 0.692. The van der Waals surface area contributed by atoms with Crippen LogP contribution in [0, 0.1) is 11.8 Å². The Labute approximate surface area is 187 Å². The Balaban J connectivity index is 1.35. The lowest BCUT2D eigenvalue weighted by molar-refractivity contribution is -0.143. The van der Waals surface area contributed by atoms with E-state index in [1.807, 2.05) is 16.8 Å². The number of carbonyl (C=O) groups excluding carboxylic acids is 2. The van der Waals surface area contributed by atoms with Crippen LogP contribution in [0.3, 0.4) is 0 Å². The molecule has 2 saturated heterocycles. The number of piperidine rings is 1. The standard InChI is InChI=1S/C26H39N3O2/c1-27(18-22-11-5-6-12-23(22)19-28-15-7-8-16-28)26(31)24-13-14-25(30)29(20-24)17-21-9-3-2-4-10-21/h5-6,11-12,21,24H,2-4,7-10,13-20H2,1H3. The normalized spacial score (nSPS) is 23.3. The van der Waals surface area contributed by atoms with E-state index in [9.17, 15) is 9.59 Å². The van der Waals surface area contributed by atoms with Crippen LogP contribution in [0.2, 0.25) is 0 Å². The molecule has 0 N–H and O–H groups in total. The van der Waals surface area contributed by atoms with E-state index in [0.29, 0.717) is 31.8 Å². The van der Waals surface area contributed by atoms with Crippen molar-refractivity contribution in [3.63, 3.8) is 0 Å². The Morgan fingerprint density at radius 2 is 1.71 bits per heavy atom. The SMILES string of the molecule is CN(Cc1ccccc1CN1CCCC1)C(=O)C1CCC(=O)N(CC2CCCCC2)C1. The third-order valence-electron chi connectivity index (χ3n) is 7.55. The van der Waals surface area contributed by atoms with Crippen molar-refractivity contribution in [3.05, 3.63) is 35.4 Å². The van der Waals surface area contributed by atoms with Gasteiger partial charge in [0.05, 0.1) is 5.92 Å². The van der Waals surface area contributed by atoms with Gasteiger partial charge in [-0.1, -0.05) is 43.5 Å². The molecule has 2 amide bonds. The highest BCUT2D eigenvalue weighted by molar-refractivity contribution is 5.83. The number of nitrogens with zero attached hydrogens (tertiary/aromatic N) is 3. The van der Waals surface area contributed by atoms with Crippen molar-refractivity contribution in [2.24, 2.45) is 11.8 Å². The van der Waals surface area contributed by atoms with Gasteiger partial charge in [0.15, 0.2) is 0 Å². The number of carbonyl (C=O) groups is 2. The molecule has 0 bridgehead atoms. The molecule has 1 unspecified atom stereocenters. The third-order valence-corrected chi connectivity index (χ3v) is 7.55. The highest BCUT2D eigenvalue weighted by atomic mass is 16.2. The van der Waals surface area contributed by atoms with Crippen LogP contribution in [0.5, 0.6) is 0 Å². The molecule has 5 nitrogen and oxygen atoms in total. The van der Waals surface area contributed by atoms with Crippen molar-refractivity contribution in [1.29, 1.82) is 0 Å². The minimum atomic E-state index is -0.0583. The van der Waals surface area contributed by atoms with Crippen molar-refractivity contribution in [2.75, 3.05) is 33.2 Å². The van der Waals surface area contributed by atoms with Crippen molar-refractivity contribution >= 4 is 11.8 Å². The van der Waals surface area contributed by atoms with Gasteiger partial charge in [-0.3, -0.25) is 14.5 Å². The molecule has 1 saturated carbocycles. The van der Waals surface area contributed by atoms with Gasteiger partial charge >= 0.3 is 0 Å². The Hall–Kier alpha value is -1.88. The molecular weight excluding hydrogens is 386 g/mol. The van der Waals surface area contributed by atoms with Crippen LogP contribution in [0.15, 0.2) is 24.3 Å². The number of hydrogen-bond acceptors (Lipinski definition) is 3. The first-order valence-electron chi connectivity index (χ1n) is 12.4. The minimum absolute atomic E-state index is 0.0583. The predicted octanol–water partition coefficient (Wildman–Crippen LogP) is 4.06. The highest BCUT2D eigenvalue weighted by Crippen LogP contribution is 2.28. The van der Waals surface area contributed by atoms with Gasteiger partial charge < -0.3 is 9.80 Å². The molecular formula is C26H39N3O2. The smallest absolute Gasteiger partial charge is 0.227 e. The Morgan fingerprint density at radius 3 is 2.45 bits per heavy atom. The van der Waals surface area contributed by atoms with Gasteiger partial charge in [-0.05, 0) is 62.2 Å². The van der Waals surface area contributed by atoms with E-state index in [-0.39, 0.29) is 17.7 Å². The zero-order valence-electron chi connectivity index (χ0n) is 19.2. The van der Waals surface area contributed by atoms with E-state index >= 15 is 0 Å². The summed E-state index contributed by atoms with van der Waals surface area (Å²) in [4.78, 5) is 32.2. The summed E-state index contributed by atoms with van der Waals surface area (Å²) in [6.45, 7) is 5.44. The summed E-state index contributed by atoms with van der Waals surface area (Å²) in [7, 11) is 1.93. The van der Waals surface area contributed by atoms with Crippen LogP contribution >= 0.6 is 0 Å². The molecule has 0 aromatic heterocycles. The predicted molar refractivity (Wildman–Crippen MR) is 123 cm³/mol. The van der Waals surface area contributed by atoms with Gasteiger partial charge in [0, 0.05) is 39.6 Å². The monoisotopic (exact) mass is 425 g/mol. The number of hydrogen-bond donors (Lipinski definition) is 0. The molecule has 4 rings (SSSR count). The first kappa shape index (κ1) is 22.3. The molecule has 1 aliphatic carbocycles. The zero-order valence-corrected chi connectivity index (χ0v) is 19.2. The van der Waals surface area contributed by atoms with Gasteiger partial charge in [-0.25, -0.2) is 0 Å². The molecule has 0 radical (unpaired) electrons. The third kappa shape index (κ3) is 5.88. The van der Waals surface area contributed by atoms with Crippen molar-refractivity contribution in [2.45, 2.75) is 70.9 Å². The lowest BCUT2D eigenvalue weighted by Gasteiger charge is -2.36. The van der Waals surface area contributed by atoms with Crippen LogP contribution < -0.4 is 0 Å². The first-order valence-corrected chi connectivity index (χ1v) is 12.4. The van der Waals surface area contributed by atoms with Crippen molar-refractivity contribution in [1.82, 2.24) is 14.7 Å². The highest BCUT2D eigenvalue weighted by Gasteiger charge is 2.33. The fourth-order valence-electron chi connectivity index (χ4n) is 5.67. The molecule has 170 valence electrons. The molecule has 5 heteroatoms. The number of benzene rings is 1. The number of amides is 2. The molecule has 3 aliphatic rings. The van der Waals surface area contributed by atoms with E-state index in [2.05, 4.69) is 29.2 Å². The van der Waals surface area contributed by atoms with Gasteiger partial charge in [0.25, 0.3) is 0 Å². The van der Waals surface area contributed by atoms with E-state index in [4.69, 9.17) is 0 Å². The summed E-state index contributed by atoms with van der Waals surface area (Å²) in [5.41, 5.74) is 2.58. The van der Waals surface area contributed by atoms with Crippen molar-refractivity contribution in [3.8, 4) is 0 Å². The summed E-state index contributed by atoms with van der Waals surface area (Å²) < 4.78 is 0. The molecule has 1 aromatic carbocycles. The molecule has 3 fully saturated rings. The van der Waals surface area contributed by atoms with Gasteiger partial charge in [0.2, 0.25) is 11.8 Å². The molecule has 0 spiro atoms. The van der Waals surface area contributed by atoms with Crippen LogP contribution in [0.25, 0.3) is 0 Å². The van der Waals surface area contributed by atoms with E-state index in [1.54, 1.807) is 0 Å². The first-order chi connectivity index (χ1) is 15.1. The van der Waals surface area contributed by atoms with Crippen LogP contribution in [-0.4, -0.2) is 59.7 Å². The van der Waals surface area contributed by atoms with E-state index in [0.717, 1.165) is 13.1 Å². The average molecular weight is 426 g/mol. The van der Waals surface area contributed by atoms with Gasteiger partial charge in [0.1, 0.15) is 0 Å². The summed E-state index contributed by atoms with van der Waals surface area (Å²) in [6.07, 6.45) is 10.2. The number of likely N-dealkylation sites (tertiary alicyclic amines) is 2. The second kappa shape index (κ2) is 10.6. The van der Waals surface area contributed by atoms with Gasteiger partial charge in [-0.2, -0.15) is 0 Å². The lowest BCUT2D eigenvalue weighted by Crippen LogP contribution is -2.47. The zero-order chi connectivity index (χ0) is 21.6. The molecule has 31 heavy (non-hydrogen) atoms. The Bertz CT molecular complexity index is 753. The second-order valence-corrected chi connectivity index (χ2v) is 9.98. The summed E-state index contributed by atoms with van der Waals surface area (Å²) >= 11 is 0. The minimum Gasteiger partial charge on any atom is -0.342 e. The summed E-state index contributed by atoms with van der Waals surface area (Å²) in [5, 5.41) is 0. The quantitative estimate of drug-likeness (QED) is 0.662. The largest absolute Gasteiger partial charge is 0.342 e. The number of rotatable bonds is 7. The summed E-state index contributed by atoms with van der Waals surface area (Å²) in [5.74, 6) is 1.00. The van der Waals surface area contributed by atoms with E-state index < -0.39 is 0 Å². The van der Waals surface area contributed by atoms with Crippen LogP contribution in [-0.2, 0) is 22.7 Å². The molecule has 2 aliphatic heterocycles. The second-order valence-electron chi connectivity index (χ2n) is 9.98. The molecule has 1 aromatic rings.